The molecule has 0 aromatic heterocycles. The van der Waals surface area contributed by atoms with Gasteiger partial charge in [-0.25, -0.2) is 4.79 Å². The van der Waals surface area contributed by atoms with Crippen LogP contribution in [-0.2, 0) is 19.1 Å². The van der Waals surface area contributed by atoms with Gasteiger partial charge in [0.15, 0.2) is 0 Å². The van der Waals surface area contributed by atoms with Gasteiger partial charge in [0.05, 0.1) is 19.8 Å². The molecule has 5 atom stereocenters. The Hall–Kier alpha value is -1.68. The van der Waals surface area contributed by atoms with Crippen molar-refractivity contribution in [1.82, 2.24) is 5.32 Å². The summed E-state index contributed by atoms with van der Waals surface area (Å²) in [4.78, 5) is 22.6. The molecular formula is C12H19NO8. The van der Waals surface area contributed by atoms with Crippen molar-refractivity contribution in [2.45, 2.75) is 37.4 Å². The molecule has 1 aliphatic heterocycles. The van der Waals surface area contributed by atoms with E-state index in [-0.39, 0.29) is 5.76 Å². The zero-order chi connectivity index (χ0) is 16.2. The molecule has 0 radical (unpaired) electrons. The molecule has 9 heteroatoms. The Morgan fingerprint density at radius 2 is 2.05 bits per heavy atom. The van der Waals surface area contributed by atoms with Crippen molar-refractivity contribution in [3.63, 3.8) is 0 Å². The fourth-order valence-corrected chi connectivity index (χ4v) is 1.91. The predicted molar refractivity (Wildman–Crippen MR) is 67.7 cm³/mol. The molecule has 0 unspecified atom stereocenters. The maximum absolute atomic E-state index is 11.4. The number of esters is 1. The lowest BCUT2D eigenvalue weighted by Gasteiger charge is -2.31. The number of carbonyl (C=O) groups excluding carboxylic acids is 2. The largest absolute Gasteiger partial charge is 0.490 e. The molecule has 21 heavy (non-hydrogen) atoms. The molecule has 0 aliphatic carbocycles. The first-order valence-electron chi connectivity index (χ1n) is 6.20. The molecule has 9 nitrogen and oxygen atoms in total. The van der Waals surface area contributed by atoms with E-state index >= 15 is 0 Å². The van der Waals surface area contributed by atoms with Gasteiger partial charge in [0, 0.05) is 13.0 Å². The standard InChI is InChI=1S/C12H19NO8/c1-5(15)13-9(11(18)10(17)6(16)4-14)7-3-8(20-2)12(19)21-7/h3,6-7,9-11,14,16-18H,4H2,1-2H3,(H,13,15)/t6-,7+,9-,10-,11-/m1/s1. The van der Waals surface area contributed by atoms with Gasteiger partial charge in [-0.05, 0) is 0 Å². The van der Waals surface area contributed by atoms with E-state index < -0.39 is 48.9 Å². The third-order valence-electron chi connectivity index (χ3n) is 3.00. The van der Waals surface area contributed by atoms with Crippen LogP contribution in [0.3, 0.4) is 0 Å². The normalized spacial score (nSPS) is 23.6. The van der Waals surface area contributed by atoms with E-state index in [0.717, 1.165) is 0 Å². The van der Waals surface area contributed by atoms with E-state index in [9.17, 15) is 24.9 Å². The van der Waals surface area contributed by atoms with Crippen LogP contribution in [0.2, 0.25) is 0 Å². The second-order valence-corrected chi connectivity index (χ2v) is 4.56. The number of carbonyl (C=O) groups is 2. The van der Waals surface area contributed by atoms with Gasteiger partial charge in [-0.15, -0.1) is 0 Å². The number of nitrogens with one attached hydrogen (secondary N) is 1. The van der Waals surface area contributed by atoms with Crippen LogP contribution in [0.25, 0.3) is 0 Å². The van der Waals surface area contributed by atoms with Crippen molar-refractivity contribution in [3.8, 4) is 0 Å². The highest BCUT2D eigenvalue weighted by Gasteiger charge is 2.41. The monoisotopic (exact) mass is 305 g/mol. The molecule has 120 valence electrons. The Labute approximate surface area is 120 Å². The number of hydrogen-bond donors (Lipinski definition) is 5. The average Bonchev–Trinajstić information content (AvgIpc) is 2.82. The first kappa shape index (κ1) is 17.4. The number of rotatable bonds is 7. The van der Waals surface area contributed by atoms with Gasteiger partial charge < -0.3 is 35.2 Å². The molecule has 0 bridgehead atoms. The van der Waals surface area contributed by atoms with Gasteiger partial charge in [-0.1, -0.05) is 0 Å². The summed E-state index contributed by atoms with van der Waals surface area (Å²) in [5, 5.41) is 40.2. The minimum absolute atomic E-state index is 0.0975. The van der Waals surface area contributed by atoms with Crippen LogP contribution in [0.4, 0.5) is 0 Å². The maximum Gasteiger partial charge on any atom is 0.374 e. The molecule has 1 rings (SSSR count). The third kappa shape index (κ3) is 4.14. The number of ether oxygens (including phenoxy) is 2. The molecule has 1 aliphatic rings. The average molecular weight is 305 g/mol. The van der Waals surface area contributed by atoms with Crippen LogP contribution < -0.4 is 5.32 Å². The Morgan fingerprint density at radius 3 is 2.48 bits per heavy atom. The van der Waals surface area contributed by atoms with E-state index in [0.29, 0.717) is 0 Å². The van der Waals surface area contributed by atoms with Gasteiger partial charge in [0.1, 0.15) is 24.4 Å². The first-order valence-corrected chi connectivity index (χ1v) is 6.20. The lowest BCUT2D eigenvalue weighted by Crippen LogP contribution is -2.57. The molecule has 1 amide bonds. The summed E-state index contributed by atoms with van der Waals surface area (Å²) in [6.45, 7) is 0.390. The number of hydrogen-bond acceptors (Lipinski definition) is 8. The van der Waals surface area contributed by atoms with E-state index in [1.807, 2.05) is 0 Å². The summed E-state index contributed by atoms with van der Waals surface area (Å²) in [6, 6.07) is -1.21. The van der Waals surface area contributed by atoms with Crippen molar-refractivity contribution >= 4 is 11.9 Å². The Bertz CT molecular complexity index is 423. The van der Waals surface area contributed by atoms with Crippen LogP contribution in [-0.4, -0.2) is 76.5 Å². The number of aliphatic hydroxyl groups excluding tert-OH is 4. The highest BCUT2D eigenvalue weighted by molar-refractivity contribution is 5.89. The summed E-state index contributed by atoms with van der Waals surface area (Å²) in [5.41, 5.74) is 0. The van der Waals surface area contributed by atoms with Crippen molar-refractivity contribution < 1.29 is 39.5 Å². The lowest BCUT2D eigenvalue weighted by atomic mass is 9.96. The Balaban J connectivity index is 2.93. The summed E-state index contributed by atoms with van der Waals surface area (Å²) < 4.78 is 9.68. The highest BCUT2D eigenvalue weighted by Crippen LogP contribution is 2.20. The summed E-state index contributed by atoms with van der Waals surface area (Å²) in [6.07, 6.45) is -4.87. The topological polar surface area (TPSA) is 146 Å². The molecule has 0 fully saturated rings. The molecule has 0 aromatic rings. The third-order valence-corrected chi connectivity index (χ3v) is 3.00. The van der Waals surface area contributed by atoms with Gasteiger partial charge in [0.25, 0.3) is 0 Å². The number of methoxy groups -OCH3 is 1. The minimum atomic E-state index is -1.74. The van der Waals surface area contributed by atoms with Crippen molar-refractivity contribution in [1.29, 1.82) is 0 Å². The molecular weight excluding hydrogens is 286 g/mol. The smallest absolute Gasteiger partial charge is 0.374 e. The van der Waals surface area contributed by atoms with Gasteiger partial charge >= 0.3 is 5.97 Å². The van der Waals surface area contributed by atoms with Crippen LogP contribution in [0.5, 0.6) is 0 Å². The van der Waals surface area contributed by atoms with Gasteiger partial charge in [0.2, 0.25) is 11.7 Å². The van der Waals surface area contributed by atoms with Crippen LogP contribution in [0, 0.1) is 0 Å². The Kier molecular flexibility index (Phi) is 6.09. The van der Waals surface area contributed by atoms with E-state index in [1.54, 1.807) is 0 Å². The Morgan fingerprint density at radius 1 is 1.43 bits per heavy atom. The quantitative estimate of drug-likeness (QED) is 0.313. The van der Waals surface area contributed by atoms with Crippen molar-refractivity contribution in [2.75, 3.05) is 13.7 Å². The van der Waals surface area contributed by atoms with E-state index in [1.165, 1.54) is 20.1 Å². The molecule has 1 heterocycles. The van der Waals surface area contributed by atoms with E-state index in [2.05, 4.69) is 5.32 Å². The second kappa shape index (κ2) is 7.36. The maximum atomic E-state index is 11.4. The fourth-order valence-electron chi connectivity index (χ4n) is 1.91. The molecule has 0 saturated carbocycles. The zero-order valence-electron chi connectivity index (χ0n) is 11.6. The van der Waals surface area contributed by atoms with Crippen molar-refractivity contribution in [3.05, 3.63) is 11.8 Å². The summed E-state index contributed by atoms with van der Waals surface area (Å²) in [7, 11) is 1.25. The predicted octanol–water partition coefficient (Wildman–Crippen LogP) is -2.98. The van der Waals surface area contributed by atoms with Crippen LogP contribution in [0.15, 0.2) is 11.8 Å². The highest BCUT2D eigenvalue weighted by atomic mass is 16.6. The zero-order valence-corrected chi connectivity index (χ0v) is 11.6. The summed E-state index contributed by atoms with van der Waals surface area (Å²) in [5.74, 6) is -1.41. The van der Waals surface area contributed by atoms with Crippen LogP contribution in [0.1, 0.15) is 6.92 Å². The molecule has 0 aromatic carbocycles. The summed E-state index contributed by atoms with van der Waals surface area (Å²) >= 11 is 0. The SMILES string of the molecule is COC1=C[C@@H]([C@@H](NC(C)=O)[C@@H](O)[C@H](O)[C@H](O)CO)OC1=O. The van der Waals surface area contributed by atoms with Crippen molar-refractivity contribution in [2.24, 2.45) is 0 Å². The molecule has 0 spiro atoms. The first-order chi connectivity index (χ1) is 9.81. The van der Waals surface area contributed by atoms with Crippen LogP contribution >= 0.6 is 0 Å². The number of aliphatic hydroxyl groups is 4. The fraction of sp³-hybridized carbons (Fsp3) is 0.667. The lowest BCUT2D eigenvalue weighted by molar-refractivity contribution is -0.149. The number of amides is 1. The van der Waals surface area contributed by atoms with Gasteiger partial charge in [-0.2, -0.15) is 0 Å². The molecule has 5 N–H and O–H groups in total. The van der Waals surface area contributed by atoms with Gasteiger partial charge in [-0.3, -0.25) is 4.79 Å². The number of cyclic esters (lactones) is 1. The van der Waals surface area contributed by atoms with E-state index in [4.69, 9.17) is 14.6 Å². The second-order valence-electron chi connectivity index (χ2n) is 4.56. The molecule has 0 saturated heterocycles. The minimum Gasteiger partial charge on any atom is -0.490 e.